The molecule has 1 rings (SSSR count). The number of esters is 1. The van der Waals surface area contributed by atoms with E-state index in [1.807, 2.05) is 20.8 Å². The maximum Gasteiger partial charge on any atom is 0.340 e. The van der Waals surface area contributed by atoms with Gasteiger partial charge in [0.15, 0.2) is 6.61 Å². The van der Waals surface area contributed by atoms with Crippen LogP contribution in [-0.2, 0) is 9.53 Å². The number of halogens is 1. The number of hydrogen-bond acceptors (Lipinski definition) is 4. The molecule has 0 saturated heterocycles. The average molecular weight is 390 g/mol. The number of anilines is 1. The molecule has 1 amide bonds. The van der Waals surface area contributed by atoms with Crippen molar-refractivity contribution in [3.05, 3.63) is 27.3 Å². The standard InChI is InChI=1S/C14H19IN2O3/c1-8(2)9(3)17-13(18)7-20-14(19)11-6-10(15)4-5-12(11)16/h4-6,8-9H,7,16H2,1-3H3,(H,17,18)/t9-/m0/s1. The first-order valence-corrected chi connectivity index (χ1v) is 7.40. The van der Waals surface area contributed by atoms with Gasteiger partial charge in [0, 0.05) is 15.3 Å². The lowest BCUT2D eigenvalue weighted by atomic mass is 10.1. The van der Waals surface area contributed by atoms with Crippen LogP contribution in [0.4, 0.5) is 5.69 Å². The second-order valence-electron chi connectivity index (χ2n) is 4.91. The molecule has 0 unspecified atom stereocenters. The van der Waals surface area contributed by atoms with E-state index in [-0.39, 0.29) is 24.1 Å². The van der Waals surface area contributed by atoms with Gasteiger partial charge in [0.2, 0.25) is 0 Å². The second kappa shape index (κ2) is 7.47. The molecule has 0 radical (unpaired) electrons. The highest BCUT2D eigenvalue weighted by Gasteiger charge is 2.15. The van der Waals surface area contributed by atoms with E-state index in [4.69, 9.17) is 10.5 Å². The number of benzene rings is 1. The van der Waals surface area contributed by atoms with Gasteiger partial charge in [0.05, 0.1) is 5.56 Å². The molecule has 0 aliphatic rings. The van der Waals surface area contributed by atoms with Crippen LogP contribution in [0.2, 0.25) is 0 Å². The summed E-state index contributed by atoms with van der Waals surface area (Å²) >= 11 is 2.08. The molecule has 0 aliphatic heterocycles. The molecule has 1 aromatic rings. The van der Waals surface area contributed by atoms with Crippen molar-refractivity contribution >= 4 is 40.2 Å². The molecule has 6 heteroatoms. The Hall–Kier alpha value is -1.31. The molecular formula is C14H19IN2O3. The fourth-order valence-electron chi connectivity index (χ4n) is 1.38. The predicted octanol–water partition coefficient (Wildman–Crippen LogP) is 2.19. The predicted molar refractivity (Wildman–Crippen MR) is 86.3 cm³/mol. The van der Waals surface area contributed by atoms with Gasteiger partial charge in [-0.15, -0.1) is 0 Å². The van der Waals surface area contributed by atoms with E-state index in [0.29, 0.717) is 11.6 Å². The Labute approximate surface area is 132 Å². The van der Waals surface area contributed by atoms with Crippen molar-refractivity contribution in [1.82, 2.24) is 5.32 Å². The number of nitrogen functional groups attached to an aromatic ring is 1. The van der Waals surface area contributed by atoms with Gasteiger partial charge in [-0.25, -0.2) is 4.79 Å². The van der Waals surface area contributed by atoms with Crippen LogP contribution in [-0.4, -0.2) is 24.5 Å². The van der Waals surface area contributed by atoms with Crippen molar-refractivity contribution in [3.8, 4) is 0 Å². The first kappa shape index (κ1) is 16.7. The van der Waals surface area contributed by atoms with E-state index in [9.17, 15) is 9.59 Å². The number of hydrogen-bond donors (Lipinski definition) is 2. The van der Waals surface area contributed by atoms with E-state index in [0.717, 1.165) is 3.57 Å². The van der Waals surface area contributed by atoms with Crippen molar-refractivity contribution in [1.29, 1.82) is 0 Å². The summed E-state index contributed by atoms with van der Waals surface area (Å²) in [5.41, 5.74) is 6.33. The molecule has 20 heavy (non-hydrogen) atoms. The lowest BCUT2D eigenvalue weighted by Gasteiger charge is -2.17. The van der Waals surface area contributed by atoms with Gasteiger partial charge < -0.3 is 15.8 Å². The van der Waals surface area contributed by atoms with Crippen LogP contribution in [0.15, 0.2) is 18.2 Å². The molecule has 110 valence electrons. The Kier molecular flexibility index (Phi) is 6.25. The fourth-order valence-corrected chi connectivity index (χ4v) is 1.87. The van der Waals surface area contributed by atoms with Crippen LogP contribution < -0.4 is 11.1 Å². The summed E-state index contributed by atoms with van der Waals surface area (Å²) < 4.78 is 5.85. The van der Waals surface area contributed by atoms with Crippen LogP contribution in [0.25, 0.3) is 0 Å². The normalized spacial score (nSPS) is 12.1. The molecule has 0 saturated carbocycles. The minimum absolute atomic E-state index is 0.0314. The first-order chi connectivity index (χ1) is 9.31. The second-order valence-corrected chi connectivity index (χ2v) is 6.15. The molecule has 0 aromatic heterocycles. The van der Waals surface area contributed by atoms with Gasteiger partial charge in [-0.1, -0.05) is 13.8 Å². The number of carbonyl (C=O) groups is 2. The lowest BCUT2D eigenvalue weighted by Crippen LogP contribution is -2.38. The summed E-state index contributed by atoms with van der Waals surface area (Å²) in [7, 11) is 0. The third kappa shape index (κ3) is 4.99. The quantitative estimate of drug-likeness (QED) is 0.459. The number of rotatable bonds is 5. The average Bonchev–Trinajstić information content (AvgIpc) is 2.38. The summed E-state index contributed by atoms with van der Waals surface area (Å²) in [5.74, 6) is -0.585. The van der Waals surface area contributed by atoms with E-state index in [1.54, 1.807) is 18.2 Å². The minimum atomic E-state index is -0.589. The molecule has 5 nitrogen and oxygen atoms in total. The van der Waals surface area contributed by atoms with Crippen molar-refractivity contribution in [2.75, 3.05) is 12.3 Å². The molecule has 1 atom stereocenters. The first-order valence-electron chi connectivity index (χ1n) is 6.32. The summed E-state index contributed by atoms with van der Waals surface area (Å²) in [5, 5.41) is 2.76. The number of nitrogens with one attached hydrogen (secondary N) is 1. The Balaban J connectivity index is 2.55. The molecule has 1 aromatic carbocycles. The lowest BCUT2D eigenvalue weighted by molar-refractivity contribution is -0.125. The van der Waals surface area contributed by atoms with Crippen molar-refractivity contribution in [2.45, 2.75) is 26.8 Å². The molecule has 0 fully saturated rings. The number of carbonyl (C=O) groups excluding carboxylic acids is 2. The third-order valence-corrected chi connectivity index (χ3v) is 3.63. The van der Waals surface area contributed by atoms with Crippen LogP contribution in [0, 0.1) is 9.49 Å². The zero-order chi connectivity index (χ0) is 15.3. The highest BCUT2D eigenvalue weighted by molar-refractivity contribution is 14.1. The Morgan fingerprint density at radius 2 is 2.00 bits per heavy atom. The van der Waals surface area contributed by atoms with Crippen LogP contribution in [0.3, 0.4) is 0 Å². The van der Waals surface area contributed by atoms with Gasteiger partial charge in [-0.3, -0.25) is 4.79 Å². The number of ether oxygens (including phenoxy) is 1. The molecule has 3 N–H and O–H groups in total. The zero-order valence-electron chi connectivity index (χ0n) is 11.8. The highest BCUT2D eigenvalue weighted by Crippen LogP contribution is 2.16. The summed E-state index contributed by atoms with van der Waals surface area (Å²) in [4.78, 5) is 23.5. The van der Waals surface area contributed by atoms with Crippen molar-refractivity contribution < 1.29 is 14.3 Å². The number of nitrogens with two attached hydrogens (primary N) is 1. The van der Waals surface area contributed by atoms with Gasteiger partial charge in [-0.2, -0.15) is 0 Å². The fraction of sp³-hybridized carbons (Fsp3) is 0.429. The van der Waals surface area contributed by atoms with Gasteiger partial charge >= 0.3 is 5.97 Å². The molecule has 0 heterocycles. The van der Waals surface area contributed by atoms with Crippen LogP contribution in [0.5, 0.6) is 0 Å². The maximum atomic E-state index is 11.9. The van der Waals surface area contributed by atoms with Gasteiger partial charge in [0.1, 0.15) is 0 Å². The summed E-state index contributed by atoms with van der Waals surface area (Å²) in [6.07, 6.45) is 0. The van der Waals surface area contributed by atoms with Crippen molar-refractivity contribution in [2.24, 2.45) is 5.92 Å². The van der Waals surface area contributed by atoms with Gasteiger partial charge in [0.25, 0.3) is 5.91 Å². The third-order valence-electron chi connectivity index (χ3n) is 2.96. The Morgan fingerprint density at radius 1 is 1.35 bits per heavy atom. The maximum absolute atomic E-state index is 11.9. The molecule has 0 aliphatic carbocycles. The van der Waals surface area contributed by atoms with E-state index in [1.165, 1.54) is 0 Å². The SMILES string of the molecule is CC(C)[C@H](C)NC(=O)COC(=O)c1cc(I)ccc1N. The minimum Gasteiger partial charge on any atom is -0.452 e. The van der Waals surface area contributed by atoms with Crippen LogP contribution in [0.1, 0.15) is 31.1 Å². The Morgan fingerprint density at radius 3 is 2.60 bits per heavy atom. The van der Waals surface area contributed by atoms with E-state index in [2.05, 4.69) is 27.9 Å². The largest absolute Gasteiger partial charge is 0.452 e. The van der Waals surface area contributed by atoms with E-state index >= 15 is 0 Å². The zero-order valence-corrected chi connectivity index (χ0v) is 13.9. The molecule has 0 spiro atoms. The summed E-state index contributed by atoms with van der Waals surface area (Å²) in [6, 6.07) is 5.10. The van der Waals surface area contributed by atoms with Gasteiger partial charge in [-0.05, 0) is 53.6 Å². The number of amides is 1. The highest BCUT2D eigenvalue weighted by atomic mass is 127. The topological polar surface area (TPSA) is 81.4 Å². The monoisotopic (exact) mass is 390 g/mol. The molecular weight excluding hydrogens is 371 g/mol. The summed E-state index contributed by atoms with van der Waals surface area (Å²) in [6.45, 7) is 5.61. The van der Waals surface area contributed by atoms with Crippen molar-refractivity contribution in [3.63, 3.8) is 0 Å². The molecule has 0 bridgehead atoms. The Bertz CT molecular complexity index is 503. The smallest absolute Gasteiger partial charge is 0.340 e. The van der Waals surface area contributed by atoms with E-state index < -0.39 is 5.97 Å². The van der Waals surface area contributed by atoms with Crippen LogP contribution >= 0.6 is 22.6 Å².